The molecule has 1 aromatic heterocycles. The molecule has 2 fully saturated rings. The zero-order valence-corrected chi connectivity index (χ0v) is 12.1. The first-order valence-electron chi connectivity index (χ1n) is 7.25. The van der Waals surface area contributed by atoms with Crippen molar-refractivity contribution < 1.29 is 18.7 Å². The van der Waals surface area contributed by atoms with Crippen molar-refractivity contribution in [1.82, 2.24) is 14.9 Å². The molecule has 1 aromatic rings. The molecule has 2 aliphatic heterocycles. The Morgan fingerprint density at radius 3 is 2.77 bits per heavy atom. The van der Waals surface area contributed by atoms with Gasteiger partial charge in [-0.05, 0) is 6.42 Å². The number of carbonyl (C=O) groups excluding carboxylic acids is 1. The maximum absolute atomic E-state index is 14.5. The zero-order valence-electron chi connectivity index (χ0n) is 12.1. The van der Waals surface area contributed by atoms with Gasteiger partial charge < -0.3 is 14.9 Å². The van der Waals surface area contributed by atoms with Gasteiger partial charge in [-0.25, -0.2) is 13.8 Å². The number of carbonyl (C=O) groups is 1. The van der Waals surface area contributed by atoms with Crippen LogP contribution in [0.4, 0.5) is 14.6 Å². The number of nitrogens with zero attached hydrogens (tertiary/aromatic N) is 4. The molecule has 1 spiro atoms. The van der Waals surface area contributed by atoms with E-state index in [2.05, 4.69) is 9.97 Å². The van der Waals surface area contributed by atoms with Crippen LogP contribution in [0.1, 0.15) is 12.8 Å². The Labute approximate surface area is 126 Å². The molecule has 1 N–H and O–H groups in total. The molecule has 2 saturated heterocycles. The number of rotatable bonds is 2. The minimum atomic E-state index is -2.84. The molecular weight excluding hydrogens is 294 g/mol. The van der Waals surface area contributed by atoms with E-state index < -0.39 is 23.9 Å². The van der Waals surface area contributed by atoms with E-state index in [1.165, 1.54) is 17.3 Å². The Hall–Kier alpha value is -1.83. The number of piperidine rings is 1. The summed E-state index contributed by atoms with van der Waals surface area (Å²) >= 11 is 0. The fourth-order valence-electron chi connectivity index (χ4n) is 3.36. The third kappa shape index (κ3) is 2.41. The summed E-state index contributed by atoms with van der Waals surface area (Å²) in [6.45, 7) is -0.103. The number of amides is 1. The molecule has 1 unspecified atom stereocenters. The van der Waals surface area contributed by atoms with Crippen LogP contribution in [0.25, 0.3) is 0 Å². The Morgan fingerprint density at radius 2 is 2.09 bits per heavy atom. The van der Waals surface area contributed by atoms with Crippen LogP contribution in [-0.2, 0) is 4.79 Å². The predicted molar refractivity (Wildman–Crippen MR) is 74.5 cm³/mol. The number of hydrogen-bond donors (Lipinski definition) is 1. The van der Waals surface area contributed by atoms with Gasteiger partial charge in [-0.2, -0.15) is 0 Å². The van der Waals surface area contributed by atoms with Crippen LogP contribution in [0.5, 0.6) is 0 Å². The number of anilines is 1. The average Bonchev–Trinajstić information content (AvgIpc) is 2.96. The summed E-state index contributed by atoms with van der Waals surface area (Å²) < 4.78 is 29.1. The SMILES string of the molecule is O=C(CO)N1CCC(F)(F)C2(CCN(c3cnccn3)C2)C1. The first kappa shape index (κ1) is 15.1. The molecule has 120 valence electrons. The number of aromatic nitrogens is 2. The monoisotopic (exact) mass is 312 g/mol. The molecule has 3 heterocycles. The van der Waals surface area contributed by atoms with Gasteiger partial charge in [0.05, 0.1) is 11.6 Å². The first-order chi connectivity index (χ1) is 10.5. The van der Waals surface area contributed by atoms with Crippen LogP contribution >= 0.6 is 0 Å². The predicted octanol–water partition coefficient (Wildman–Crippen LogP) is 0.533. The molecule has 1 atom stereocenters. The Kier molecular flexibility index (Phi) is 3.72. The van der Waals surface area contributed by atoms with Crippen molar-refractivity contribution in [2.24, 2.45) is 5.41 Å². The molecule has 8 heteroatoms. The Morgan fingerprint density at radius 1 is 1.27 bits per heavy atom. The second-order valence-electron chi connectivity index (χ2n) is 5.94. The van der Waals surface area contributed by atoms with Crippen LogP contribution in [0.15, 0.2) is 18.6 Å². The lowest BCUT2D eigenvalue weighted by molar-refractivity contribution is -0.170. The number of aliphatic hydroxyl groups is 1. The molecule has 0 aliphatic carbocycles. The topological polar surface area (TPSA) is 69.6 Å². The van der Waals surface area contributed by atoms with Crippen molar-refractivity contribution in [2.45, 2.75) is 18.8 Å². The van der Waals surface area contributed by atoms with Gasteiger partial charge in [-0.1, -0.05) is 0 Å². The van der Waals surface area contributed by atoms with Crippen molar-refractivity contribution in [1.29, 1.82) is 0 Å². The second kappa shape index (κ2) is 5.42. The van der Waals surface area contributed by atoms with Crippen LogP contribution in [-0.4, -0.2) is 64.6 Å². The Bertz CT molecular complexity index is 557. The fraction of sp³-hybridized carbons (Fsp3) is 0.643. The molecule has 0 bridgehead atoms. The van der Waals surface area contributed by atoms with Gasteiger partial charge in [-0.3, -0.25) is 9.78 Å². The molecule has 6 nitrogen and oxygen atoms in total. The minimum absolute atomic E-state index is 0.0146. The van der Waals surface area contributed by atoms with Gasteiger partial charge in [0.1, 0.15) is 12.4 Å². The van der Waals surface area contributed by atoms with Gasteiger partial charge >= 0.3 is 0 Å². The van der Waals surface area contributed by atoms with E-state index in [9.17, 15) is 13.6 Å². The Balaban J connectivity index is 1.82. The zero-order chi connectivity index (χ0) is 15.8. The van der Waals surface area contributed by atoms with Gasteiger partial charge in [0.2, 0.25) is 5.91 Å². The summed E-state index contributed by atoms with van der Waals surface area (Å²) in [5.41, 5.74) is -1.28. The van der Waals surface area contributed by atoms with E-state index in [4.69, 9.17) is 5.11 Å². The summed E-state index contributed by atoms with van der Waals surface area (Å²) in [6.07, 6.45) is 4.53. The number of aliphatic hydroxyl groups excluding tert-OH is 1. The van der Waals surface area contributed by atoms with Crippen LogP contribution in [0, 0.1) is 5.41 Å². The number of alkyl halides is 2. The molecule has 2 aliphatic rings. The van der Waals surface area contributed by atoms with E-state index in [-0.39, 0.29) is 32.5 Å². The molecule has 22 heavy (non-hydrogen) atoms. The summed E-state index contributed by atoms with van der Waals surface area (Å²) in [5, 5.41) is 8.97. The third-order valence-corrected chi connectivity index (χ3v) is 4.68. The van der Waals surface area contributed by atoms with E-state index in [1.807, 2.05) is 0 Å². The third-order valence-electron chi connectivity index (χ3n) is 4.68. The second-order valence-corrected chi connectivity index (χ2v) is 5.94. The first-order valence-corrected chi connectivity index (χ1v) is 7.25. The maximum atomic E-state index is 14.5. The van der Waals surface area contributed by atoms with Crippen molar-refractivity contribution in [3.63, 3.8) is 0 Å². The van der Waals surface area contributed by atoms with Crippen molar-refractivity contribution in [2.75, 3.05) is 37.7 Å². The lowest BCUT2D eigenvalue weighted by atomic mass is 9.75. The highest BCUT2D eigenvalue weighted by Gasteiger charge is 2.60. The van der Waals surface area contributed by atoms with E-state index >= 15 is 0 Å². The molecule has 0 radical (unpaired) electrons. The lowest BCUT2D eigenvalue weighted by Crippen LogP contribution is -2.58. The van der Waals surface area contributed by atoms with E-state index in [1.54, 1.807) is 11.1 Å². The molecule has 1 amide bonds. The minimum Gasteiger partial charge on any atom is -0.387 e. The van der Waals surface area contributed by atoms with Gasteiger partial charge in [0, 0.05) is 45.0 Å². The van der Waals surface area contributed by atoms with Crippen molar-refractivity contribution in [3.8, 4) is 0 Å². The smallest absolute Gasteiger partial charge is 0.258 e. The highest BCUT2D eigenvalue weighted by Crippen LogP contribution is 2.49. The fourth-order valence-corrected chi connectivity index (χ4v) is 3.36. The summed E-state index contributed by atoms with van der Waals surface area (Å²) in [7, 11) is 0. The van der Waals surface area contributed by atoms with Gasteiger partial charge in [0.25, 0.3) is 5.92 Å². The summed E-state index contributed by atoms with van der Waals surface area (Å²) in [5.74, 6) is -2.76. The van der Waals surface area contributed by atoms with Gasteiger partial charge in [0.15, 0.2) is 0 Å². The molecule has 3 rings (SSSR count). The van der Waals surface area contributed by atoms with Crippen LogP contribution < -0.4 is 4.90 Å². The van der Waals surface area contributed by atoms with Crippen molar-refractivity contribution >= 4 is 11.7 Å². The highest BCUT2D eigenvalue weighted by molar-refractivity contribution is 5.77. The molecular formula is C14H18F2N4O2. The number of halogens is 2. The maximum Gasteiger partial charge on any atom is 0.258 e. The van der Waals surface area contributed by atoms with Crippen LogP contribution in [0.3, 0.4) is 0 Å². The van der Waals surface area contributed by atoms with Gasteiger partial charge in [-0.15, -0.1) is 0 Å². The quantitative estimate of drug-likeness (QED) is 0.863. The molecule has 0 saturated carbocycles. The average molecular weight is 312 g/mol. The van der Waals surface area contributed by atoms with Crippen LogP contribution in [0.2, 0.25) is 0 Å². The normalized spacial score (nSPS) is 27.4. The lowest BCUT2D eigenvalue weighted by Gasteiger charge is -2.45. The highest BCUT2D eigenvalue weighted by atomic mass is 19.3. The largest absolute Gasteiger partial charge is 0.387 e. The summed E-state index contributed by atoms with van der Waals surface area (Å²) in [6, 6.07) is 0. The standard InChI is InChI=1S/C14H18F2N4O2/c15-14(16)2-6-20(12(22)8-21)10-13(14)1-5-19(9-13)11-7-17-3-4-18-11/h3-4,7,21H,1-2,5-6,8-10H2. The van der Waals surface area contributed by atoms with Crippen molar-refractivity contribution in [3.05, 3.63) is 18.6 Å². The number of hydrogen-bond acceptors (Lipinski definition) is 5. The summed E-state index contributed by atoms with van der Waals surface area (Å²) in [4.78, 5) is 22.9. The van der Waals surface area contributed by atoms with E-state index in [0.29, 0.717) is 12.4 Å². The van der Waals surface area contributed by atoms with E-state index in [0.717, 1.165) is 0 Å². The number of likely N-dealkylation sites (tertiary alicyclic amines) is 1. The molecule has 0 aromatic carbocycles.